The van der Waals surface area contributed by atoms with Crippen LogP contribution in [0.5, 0.6) is 0 Å². The molecule has 32 heavy (non-hydrogen) atoms. The predicted molar refractivity (Wildman–Crippen MR) is 127 cm³/mol. The number of pyridine rings is 2. The first-order chi connectivity index (χ1) is 15.4. The van der Waals surface area contributed by atoms with Crippen LogP contribution in [-0.2, 0) is 14.1 Å². The number of rotatable bonds is 4. The first-order valence-electron chi connectivity index (χ1n) is 10.6. The lowest BCUT2D eigenvalue weighted by molar-refractivity contribution is 0.756. The van der Waals surface area contributed by atoms with Crippen molar-refractivity contribution in [1.29, 1.82) is 0 Å². The number of nitrogens with zero attached hydrogens (tertiary/aromatic N) is 7. The Bertz CT molecular complexity index is 1540. The van der Waals surface area contributed by atoms with E-state index in [1.807, 2.05) is 45.7 Å². The molecule has 8 heteroatoms. The molecule has 0 N–H and O–H groups in total. The minimum absolute atomic E-state index is 0.121. The van der Waals surface area contributed by atoms with Crippen molar-refractivity contribution in [2.45, 2.75) is 13.8 Å². The third-order valence-electron chi connectivity index (χ3n) is 6.08. The zero-order valence-corrected chi connectivity index (χ0v) is 18.9. The topological polar surface area (TPSA) is 73.8 Å². The van der Waals surface area contributed by atoms with Crippen LogP contribution in [0, 0.1) is 6.92 Å². The highest BCUT2D eigenvalue weighted by Gasteiger charge is 2.19. The lowest BCUT2D eigenvalue weighted by Gasteiger charge is -2.17. The molecule has 0 unspecified atom stereocenters. The SMILES string of the molecule is CCN(C)c1cncc(-c2ccc3ncc4c(c3c2)n(-c2cn(C)nc2C)c(=O)n4C)c1. The van der Waals surface area contributed by atoms with E-state index in [-0.39, 0.29) is 5.69 Å². The van der Waals surface area contributed by atoms with E-state index in [0.717, 1.165) is 56.7 Å². The summed E-state index contributed by atoms with van der Waals surface area (Å²) >= 11 is 0. The van der Waals surface area contributed by atoms with Gasteiger partial charge >= 0.3 is 5.69 Å². The fraction of sp³-hybridized carbons (Fsp3) is 0.250. The summed E-state index contributed by atoms with van der Waals surface area (Å²) in [4.78, 5) is 24.5. The summed E-state index contributed by atoms with van der Waals surface area (Å²) in [5.74, 6) is 0. The summed E-state index contributed by atoms with van der Waals surface area (Å²) in [5, 5.41) is 5.36. The van der Waals surface area contributed by atoms with Gasteiger partial charge in [0.05, 0.1) is 46.0 Å². The molecule has 0 bridgehead atoms. The Balaban J connectivity index is 1.81. The number of benzene rings is 1. The van der Waals surface area contributed by atoms with Crippen LogP contribution in [0.25, 0.3) is 38.8 Å². The number of aromatic nitrogens is 6. The number of imidazole rings is 1. The molecule has 8 nitrogen and oxygen atoms in total. The van der Waals surface area contributed by atoms with Gasteiger partial charge in [-0.25, -0.2) is 4.79 Å². The fourth-order valence-electron chi connectivity index (χ4n) is 4.18. The van der Waals surface area contributed by atoms with Crippen LogP contribution in [0.15, 0.2) is 53.8 Å². The summed E-state index contributed by atoms with van der Waals surface area (Å²) < 4.78 is 5.11. The van der Waals surface area contributed by atoms with Crippen LogP contribution in [-0.4, -0.2) is 42.5 Å². The molecular weight excluding hydrogens is 402 g/mol. The highest BCUT2D eigenvalue weighted by atomic mass is 16.1. The number of hydrogen-bond acceptors (Lipinski definition) is 5. The smallest absolute Gasteiger partial charge is 0.333 e. The van der Waals surface area contributed by atoms with Gasteiger partial charge in [-0.3, -0.25) is 23.8 Å². The Kier molecular flexibility index (Phi) is 4.58. The third-order valence-corrected chi connectivity index (χ3v) is 6.08. The number of aryl methyl sites for hydroxylation is 3. The Morgan fingerprint density at radius 1 is 1.06 bits per heavy atom. The van der Waals surface area contributed by atoms with Gasteiger partial charge in [0.15, 0.2) is 0 Å². The Hall–Kier alpha value is -3.94. The second-order valence-electron chi connectivity index (χ2n) is 8.12. The van der Waals surface area contributed by atoms with Crippen molar-refractivity contribution in [3.05, 3.63) is 65.2 Å². The Morgan fingerprint density at radius 2 is 1.88 bits per heavy atom. The maximum atomic E-state index is 13.2. The molecule has 0 saturated heterocycles. The molecule has 0 aliphatic carbocycles. The van der Waals surface area contributed by atoms with E-state index in [9.17, 15) is 4.79 Å². The predicted octanol–water partition coefficient (Wildman–Crippen LogP) is 3.44. The molecule has 0 saturated carbocycles. The van der Waals surface area contributed by atoms with E-state index in [4.69, 9.17) is 0 Å². The zero-order valence-electron chi connectivity index (χ0n) is 18.9. The van der Waals surface area contributed by atoms with Crippen LogP contribution < -0.4 is 10.6 Å². The Labute approximate surface area is 185 Å². The highest BCUT2D eigenvalue weighted by Crippen LogP contribution is 2.31. The van der Waals surface area contributed by atoms with Gasteiger partial charge in [0.1, 0.15) is 0 Å². The second-order valence-corrected chi connectivity index (χ2v) is 8.12. The fourth-order valence-corrected chi connectivity index (χ4v) is 4.18. The van der Waals surface area contributed by atoms with Gasteiger partial charge in [0.2, 0.25) is 0 Å². The van der Waals surface area contributed by atoms with Gasteiger partial charge in [-0.05, 0) is 37.6 Å². The van der Waals surface area contributed by atoms with Crippen molar-refractivity contribution in [2.24, 2.45) is 14.1 Å². The number of fused-ring (bicyclic) bond motifs is 3. The summed E-state index contributed by atoms with van der Waals surface area (Å²) in [5.41, 5.74) is 6.98. The number of anilines is 1. The van der Waals surface area contributed by atoms with Gasteiger partial charge in [0.25, 0.3) is 0 Å². The van der Waals surface area contributed by atoms with Crippen LogP contribution >= 0.6 is 0 Å². The Morgan fingerprint density at radius 3 is 2.59 bits per heavy atom. The first kappa shape index (κ1) is 20.0. The minimum Gasteiger partial charge on any atom is -0.374 e. The van der Waals surface area contributed by atoms with E-state index in [0.29, 0.717) is 0 Å². The molecule has 5 rings (SSSR count). The van der Waals surface area contributed by atoms with Crippen molar-refractivity contribution in [3.63, 3.8) is 0 Å². The average molecular weight is 428 g/mol. The van der Waals surface area contributed by atoms with Gasteiger partial charge in [-0.15, -0.1) is 0 Å². The van der Waals surface area contributed by atoms with Crippen LogP contribution in [0.3, 0.4) is 0 Å². The summed E-state index contributed by atoms with van der Waals surface area (Å²) in [6, 6.07) is 8.28. The largest absolute Gasteiger partial charge is 0.374 e. The van der Waals surface area contributed by atoms with E-state index in [2.05, 4.69) is 45.1 Å². The van der Waals surface area contributed by atoms with E-state index in [1.165, 1.54) is 0 Å². The lowest BCUT2D eigenvalue weighted by Crippen LogP contribution is -2.21. The second kappa shape index (κ2) is 7.33. The van der Waals surface area contributed by atoms with Crippen molar-refractivity contribution >= 4 is 27.6 Å². The zero-order chi connectivity index (χ0) is 22.6. The quantitative estimate of drug-likeness (QED) is 0.439. The van der Waals surface area contributed by atoms with Gasteiger partial charge in [-0.1, -0.05) is 6.07 Å². The molecule has 162 valence electrons. The van der Waals surface area contributed by atoms with Gasteiger partial charge in [0, 0.05) is 51.0 Å². The molecule has 1 aromatic carbocycles. The normalized spacial score (nSPS) is 11.5. The molecule has 0 fully saturated rings. The highest BCUT2D eigenvalue weighted by molar-refractivity contribution is 6.04. The van der Waals surface area contributed by atoms with E-state index < -0.39 is 0 Å². The minimum atomic E-state index is -0.121. The summed E-state index contributed by atoms with van der Waals surface area (Å²) in [6.07, 6.45) is 7.37. The van der Waals surface area contributed by atoms with Crippen LogP contribution in [0.4, 0.5) is 5.69 Å². The molecule has 4 heterocycles. The molecule has 0 radical (unpaired) electrons. The third kappa shape index (κ3) is 2.98. The van der Waals surface area contributed by atoms with Crippen LogP contribution in [0.1, 0.15) is 12.6 Å². The average Bonchev–Trinajstić information content (AvgIpc) is 3.27. The van der Waals surface area contributed by atoms with Crippen molar-refractivity contribution < 1.29 is 0 Å². The van der Waals surface area contributed by atoms with Crippen molar-refractivity contribution in [3.8, 4) is 16.8 Å². The monoisotopic (exact) mass is 427 g/mol. The van der Waals surface area contributed by atoms with E-state index >= 15 is 0 Å². The maximum Gasteiger partial charge on any atom is 0.333 e. The molecule has 0 aliphatic rings. The van der Waals surface area contributed by atoms with Gasteiger partial charge < -0.3 is 4.90 Å². The summed E-state index contributed by atoms with van der Waals surface area (Å²) in [7, 11) is 5.68. The van der Waals surface area contributed by atoms with Crippen LogP contribution in [0.2, 0.25) is 0 Å². The lowest BCUT2D eigenvalue weighted by atomic mass is 10.0. The standard InChI is InChI=1S/C24H25N7O/c1-6-28(3)18-9-17(11-25-12-18)16-7-8-20-19(10-16)23-21(13-26-20)30(5)24(32)31(23)22-14-29(4)27-15(22)2/h7-14H,6H2,1-5H3. The van der Waals surface area contributed by atoms with Crippen molar-refractivity contribution in [1.82, 2.24) is 28.9 Å². The number of hydrogen-bond donors (Lipinski definition) is 0. The summed E-state index contributed by atoms with van der Waals surface area (Å²) in [6.45, 7) is 4.92. The molecule has 4 aromatic heterocycles. The van der Waals surface area contributed by atoms with Gasteiger partial charge in [-0.2, -0.15) is 5.10 Å². The first-order valence-corrected chi connectivity index (χ1v) is 10.6. The van der Waals surface area contributed by atoms with Crippen molar-refractivity contribution in [2.75, 3.05) is 18.5 Å². The molecular formula is C24H25N7O. The molecule has 0 amide bonds. The molecule has 0 atom stereocenters. The van der Waals surface area contributed by atoms with E-state index in [1.54, 1.807) is 27.1 Å². The molecule has 0 spiro atoms. The molecule has 5 aromatic rings. The molecule has 0 aliphatic heterocycles. The maximum absolute atomic E-state index is 13.2.